The minimum absolute atomic E-state index is 0.142. The fraction of sp³-hybridized carbons (Fsp3) is 0.167. The Morgan fingerprint density at radius 2 is 2.21 bits per heavy atom. The van der Waals surface area contributed by atoms with Crippen LogP contribution in [0.15, 0.2) is 30.9 Å². The molecular weight excluding hydrogens is 368 g/mol. The zero-order chi connectivity index (χ0) is 19.4. The van der Waals surface area contributed by atoms with Crippen molar-refractivity contribution in [1.82, 2.24) is 24.6 Å². The molecule has 1 aliphatic carbocycles. The van der Waals surface area contributed by atoms with Gasteiger partial charge in [0, 0.05) is 23.2 Å². The van der Waals surface area contributed by atoms with Gasteiger partial charge >= 0.3 is 0 Å². The predicted molar refractivity (Wildman–Crippen MR) is 94.4 cm³/mol. The maximum Gasteiger partial charge on any atom is 0.231 e. The molecule has 4 aromatic rings. The summed E-state index contributed by atoms with van der Waals surface area (Å²) < 4.78 is 28.9. The number of hydrogen-bond donors (Lipinski definition) is 2. The van der Waals surface area contributed by atoms with Crippen molar-refractivity contribution in [3.8, 4) is 17.3 Å². The van der Waals surface area contributed by atoms with Crippen LogP contribution in [0, 0.1) is 23.1 Å². The lowest BCUT2D eigenvalue weighted by atomic mass is 10.0. The minimum atomic E-state index is -1.10. The van der Waals surface area contributed by atoms with Crippen LogP contribution < -0.4 is 5.32 Å². The van der Waals surface area contributed by atoms with E-state index in [2.05, 4.69) is 25.5 Å². The molecule has 3 heterocycles. The SMILES string of the molecule is N#Cc1c(F)cc2[nH]ncc2c1-c1cn2cc(NC(=O)[C@@H]3C[C@@H]3F)nc2cn1. The third-order valence-electron chi connectivity index (χ3n) is 4.71. The molecule has 5 rings (SSSR count). The van der Waals surface area contributed by atoms with Crippen molar-refractivity contribution < 1.29 is 13.6 Å². The normalized spacial score (nSPS) is 18.3. The van der Waals surface area contributed by atoms with Crippen molar-refractivity contribution >= 4 is 28.3 Å². The number of imidazole rings is 1. The maximum absolute atomic E-state index is 14.3. The Hall–Kier alpha value is -3.87. The van der Waals surface area contributed by atoms with Gasteiger partial charge in [0.1, 0.15) is 18.1 Å². The molecule has 0 aliphatic heterocycles. The molecule has 1 aliphatic rings. The highest BCUT2D eigenvalue weighted by Gasteiger charge is 2.43. The number of carbonyl (C=O) groups is 1. The van der Waals surface area contributed by atoms with E-state index in [1.165, 1.54) is 18.5 Å². The molecule has 10 heteroatoms. The van der Waals surface area contributed by atoms with Crippen LogP contribution in [0.2, 0.25) is 0 Å². The van der Waals surface area contributed by atoms with Gasteiger partial charge in [-0.25, -0.2) is 13.8 Å². The molecule has 0 bridgehead atoms. The van der Waals surface area contributed by atoms with Gasteiger partial charge in [-0.3, -0.25) is 14.9 Å². The number of halogens is 2. The minimum Gasteiger partial charge on any atom is -0.309 e. The van der Waals surface area contributed by atoms with E-state index < -0.39 is 23.8 Å². The van der Waals surface area contributed by atoms with Crippen molar-refractivity contribution in [1.29, 1.82) is 5.26 Å². The molecule has 1 aromatic carbocycles. The first-order chi connectivity index (χ1) is 13.5. The fourth-order valence-corrected chi connectivity index (χ4v) is 3.18. The molecule has 3 aromatic heterocycles. The Kier molecular flexibility index (Phi) is 3.39. The molecular formula is C18H11F2N7O. The Balaban J connectivity index is 1.59. The first-order valence-electron chi connectivity index (χ1n) is 8.41. The molecule has 138 valence electrons. The van der Waals surface area contributed by atoms with Crippen LogP contribution in [-0.4, -0.2) is 36.6 Å². The summed E-state index contributed by atoms with van der Waals surface area (Å²) in [6.07, 6.45) is 5.20. The third kappa shape index (κ3) is 2.48. The Labute approximate surface area is 155 Å². The van der Waals surface area contributed by atoms with Gasteiger partial charge in [-0.1, -0.05) is 0 Å². The summed E-state index contributed by atoms with van der Waals surface area (Å²) in [6, 6.07) is 3.09. The number of nitrogens with one attached hydrogen (secondary N) is 2. The number of aromatic amines is 1. The van der Waals surface area contributed by atoms with Gasteiger partial charge in [0.25, 0.3) is 0 Å². The van der Waals surface area contributed by atoms with Crippen molar-refractivity contribution in [2.45, 2.75) is 12.6 Å². The van der Waals surface area contributed by atoms with Crippen molar-refractivity contribution in [3.05, 3.63) is 42.2 Å². The number of anilines is 1. The van der Waals surface area contributed by atoms with Crippen LogP contribution >= 0.6 is 0 Å². The standard InChI is InChI=1S/C18H11F2N7O/c19-11-1-8(11)18(28)25-15-7-27-6-14(22-5-16(27)24-15)17-9(3-21)12(20)2-13-10(17)4-23-26-13/h2,4-8,11H,1H2,(H,23,26)(H,25,28)/t8-,11+/m1/s1. The number of nitrogens with zero attached hydrogens (tertiary/aromatic N) is 5. The second-order valence-corrected chi connectivity index (χ2v) is 6.56. The van der Waals surface area contributed by atoms with E-state index >= 15 is 0 Å². The Morgan fingerprint density at radius 3 is 2.96 bits per heavy atom. The highest BCUT2D eigenvalue weighted by Crippen LogP contribution is 2.35. The van der Waals surface area contributed by atoms with Crippen LogP contribution in [0.1, 0.15) is 12.0 Å². The molecule has 8 nitrogen and oxygen atoms in total. The summed E-state index contributed by atoms with van der Waals surface area (Å²) >= 11 is 0. The van der Waals surface area contributed by atoms with E-state index in [0.717, 1.165) is 0 Å². The molecule has 2 N–H and O–H groups in total. The second-order valence-electron chi connectivity index (χ2n) is 6.56. The molecule has 1 saturated carbocycles. The number of rotatable bonds is 3. The third-order valence-corrected chi connectivity index (χ3v) is 4.71. The first-order valence-corrected chi connectivity index (χ1v) is 8.41. The van der Waals surface area contributed by atoms with Gasteiger partial charge in [0.2, 0.25) is 5.91 Å². The van der Waals surface area contributed by atoms with Gasteiger partial charge in [0.15, 0.2) is 11.5 Å². The van der Waals surface area contributed by atoms with Crippen molar-refractivity contribution in [2.24, 2.45) is 5.92 Å². The molecule has 2 atom stereocenters. The van der Waals surface area contributed by atoms with Crippen molar-refractivity contribution in [2.75, 3.05) is 5.32 Å². The lowest BCUT2D eigenvalue weighted by molar-refractivity contribution is -0.117. The monoisotopic (exact) mass is 379 g/mol. The number of nitriles is 1. The number of hydrogen-bond acceptors (Lipinski definition) is 5. The van der Waals surface area contributed by atoms with E-state index in [1.54, 1.807) is 16.8 Å². The van der Waals surface area contributed by atoms with E-state index in [1.807, 2.05) is 6.07 Å². The van der Waals surface area contributed by atoms with Gasteiger partial charge in [-0.05, 0) is 6.42 Å². The Bertz CT molecular complexity index is 1300. The number of benzene rings is 1. The number of aromatic nitrogens is 5. The molecule has 0 spiro atoms. The van der Waals surface area contributed by atoms with Gasteiger partial charge < -0.3 is 9.72 Å². The van der Waals surface area contributed by atoms with E-state index in [0.29, 0.717) is 27.8 Å². The van der Waals surface area contributed by atoms with Crippen LogP contribution in [0.5, 0.6) is 0 Å². The summed E-state index contributed by atoms with van der Waals surface area (Å²) in [5, 5.41) is 19.1. The number of alkyl halides is 1. The predicted octanol–water partition coefficient (Wildman–Crippen LogP) is 2.58. The van der Waals surface area contributed by atoms with Crippen LogP contribution in [0.25, 0.3) is 27.8 Å². The zero-order valence-corrected chi connectivity index (χ0v) is 14.1. The average Bonchev–Trinajstić information content (AvgIpc) is 3.05. The van der Waals surface area contributed by atoms with Crippen LogP contribution in [0.4, 0.5) is 14.6 Å². The van der Waals surface area contributed by atoms with E-state index in [9.17, 15) is 18.8 Å². The summed E-state index contributed by atoms with van der Waals surface area (Å²) in [7, 11) is 0. The topological polar surface area (TPSA) is 112 Å². The van der Waals surface area contributed by atoms with E-state index in [4.69, 9.17) is 0 Å². The summed E-state index contributed by atoms with van der Waals surface area (Å²) in [5.41, 5.74) is 1.39. The quantitative estimate of drug-likeness (QED) is 0.568. The lowest BCUT2D eigenvalue weighted by Crippen LogP contribution is -2.15. The summed E-state index contributed by atoms with van der Waals surface area (Å²) in [5.74, 6) is -1.46. The molecule has 28 heavy (non-hydrogen) atoms. The highest BCUT2D eigenvalue weighted by molar-refractivity contribution is 5.97. The molecule has 0 saturated heterocycles. The van der Waals surface area contributed by atoms with Crippen LogP contribution in [0.3, 0.4) is 0 Å². The Morgan fingerprint density at radius 1 is 1.39 bits per heavy atom. The zero-order valence-electron chi connectivity index (χ0n) is 14.1. The molecule has 0 radical (unpaired) electrons. The number of H-pyrrole nitrogens is 1. The second kappa shape index (κ2) is 5.82. The average molecular weight is 379 g/mol. The number of amides is 1. The van der Waals surface area contributed by atoms with E-state index in [-0.39, 0.29) is 17.8 Å². The van der Waals surface area contributed by atoms with Crippen LogP contribution in [-0.2, 0) is 4.79 Å². The molecule has 1 amide bonds. The van der Waals surface area contributed by atoms with Crippen molar-refractivity contribution in [3.63, 3.8) is 0 Å². The van der Waals surface area contributed by atoms with Gasteiger partial charge in [0.05, 0.1) is 41.3 Å². The van der Waals surface area contributed by atoms with Gasteiger partial charge in [-0.15, -0.1) is 0 Å². The maximum atomic E-state index is 14.3. The lowest BCUT2D eigenvalue weighted by Gasteiger charge is -2.07. The first kappa shape index (κ1) is 16.3. The molecule has 0 unspecified atom stereocenters. The van der Waals surface area contributed by atoms with Gasteiger partial charge in [-0.2, -0.15) is 10.4 Å². The highest BCUT2D eigenvalue weighted by atomic mass is 19.1. The summed E-state index contributed by atoms with van der Waals surface area (Å²) in [4.78, 5) is 20.4. The smallest absolute Gasteiger partial charge is 0.231 e. The molecule has 1 fully saturated rings. The largest absolute Gasteiger partial charge is 0.309 e. The number of carbonyl (C=O) groups excluding carboxylic acids is 1. The number of fused-ring (bicyclic) bond motifs is 2. The summed E-state index contributed by atoms with van der Waals surface area (Å²) in [6.45, 7) is 0. The fourth-order valence-electron chi connectivity index (χ4n) is 3.18.